The van der Waals surface area contributed by atoms with Crippen molar-refractivity contribution in [1.29, 1.82) is 0 Å². The summed E-state index contributed by atoms with van der Waals surface area (Å²) in [5, 5.41) is 18.9. The van der Waals surface area contributed by atoms with E-state index in [9.17, 15) is 19.5 Å². The highest BCUT2D eigenvalue weighted by molar-refractivity contribution is 6.11. The number of hydrogen-bond acceptors (Lipinski definition) is 9. The van der Waals surface area contributed by atoms with Crippen LogP contribution in [-0.2, 0) is 0 Å². The molecule has 0 unspecified atom stereocenters. The Hall–Kier alpha value is -4.51. The van der Waals surface area contributed by atoms with Gasteiger partial charge >= 0.3 is 0 Å². The molecule has 180 valence electrons. The van der Waals surface area contributed by atoms with Crippen molar-refractivity contribution < 1.29 is 24.2 Å². The summed E-state index contributed by atoms with van der Waals surface area (Å²) in [5.74, 6) is -1.21. The van der Waals surface area contributed by atoms with E-state index in [2.05, 4.69) is 25.9 Å². The summed E-state index contributed by atoms with van der Waals surface area (Å²) in [7, 11) is 1.40. The van der Waals surface area contributed by atoms with Crippen molar-refractivity contribution in [3.8, 4) is 11.5 Å². The minimum absolute atomic E-state index is 0.0106. The van der Waals surface area contributed by atoms with Crippen LogP contribution in [0.2, 0.25) is 0 Å². The van der Waals surface area contributed by atoms with E-state index < -0.39 is 29.7 Å². The number of anilines is 1. The van der Waals surface area contributed by atoms with Crippen molar-refractivity contribution >= 4 is 23.5 Å². The third-order valence-electron chi connectivity index (χ3n) is 5.61. The molecule has 0 saturated carbocycles. The first-order valence-corrected chi connectivity index (χ1v) is 10.8. The smallest absolute Gasteiger partial charge is 0.270 e. The van der Waals surface area contributed by atoms with Gasteiger partial charge in [0, 0.05) is 24.8 Å². The Bertz CT molecular complexity index is 1280. The number of phenols is 1. The van der Waals surface area contributed by atoms with Crippen LogP contribution in [0.15, 0.2) is 54.7 Å². The average molecular weight is 476 g/mol. The number of aromatic hydroxyl groups is 1. The highest BCUT2D eigenvalue weighted by Gasteiger charge is 2.31. The second kappa shape index (κ2) is 10.2. The Labute approximate surface area is 200 Å². The maximum absolute atomic E-state index is 13.0. The van der Waals surface area contributed by atoms with Gasteiger partial charge in [-0.15, -0.1) is 0 Å². The molecular formula is C24H24N6O5. The number of ether oxygens (including phenoxy) is 1. The summed E-state index contributed by atoms with van der Waals surface area (Å²) in [6.45, 7) is 0.886. The number of phenolic OH excluding ortho intramolecular Hbond substituents is 1. The van der Waals surface area contributed by atoms with E-state index in [4.69, 9.17) is 10.5 Å². The number of benzene rings is 2. The number of para-hydroxylation sites is 1. The minimum Gasteiger partial charge on any atom is -0.507 e. The maximum atomic E-state index is 13.0. The molecule has 2 aromatic carbocycles. The van der Waals surface area contributed by atoms with E-state index in [-0.39, 0.29) is 39.8 Å². The monoisotopic (exact) mass is 476 g/mol. The highest BCUT2D eigenvalue weighted by Crippen LogP contribution is 2.25. The predicted molar refractivity (Wildman–Crippen MR) is 126 cm³/mol. The number of nitrogens with one attached hydrogen (secondary N) is 3. The number of aromatic nitrogens is 2. The van der Waals surface area contributed by atoms with Crippen LogP contribution < -0.4 is 26.4 Å². The molecule has 4 rings (SSSR count). The van der Waals surface area contributed by atoms with E-state index in [0.29, 0.717) is 13.1 Å². The number of nitrogens with zero attached hydrogens (tertiary/aromatic N) is 2. The summed E-state index contributed by atoms with van der Waals surface area (Å²) < 4.78 is 5.36. The molecule has 11 nitrogen and oxygen atoms in total. The number of methoxy groups -OCH3 is 1. The molecule has 1 fully saturated rings. The predicted octanol–water partition coefficient (Wildman–Crippen LogP) is 0.504. The summed E-state index contributed by atoms with van der Waals surface area (Å²) in [5.41, 5.74) is 6.30. The molecule has 3 aromatic rings. The standard InChI is InChI=1S/C24H24N6O5/c1-35-20-10-13(21(32)14-4-2-3-5-19(14)31)6-7-15(20)22(33)28-17-11-26-12-18(17)29-23(34)16-8-9-27-24(25)30-16/h2-10,17-18,26,31H,11-12H2,1H3,(H,28,33)(H,29,34)(H2,25,27,30)/t17-,18-/m0/s1. The minimum atomic E-state index is -0.434. The number of carbonyl (C=O) groups is 3. The molecule has 0 bridgehead atoms. The Morgan fingerprint density at radius 1 is 1.03 bits per heavy atom. The van der Waals surface area contributed by atoms with Gasteiger partial charge in [-0.05, 0) is 36.4 Å². The number of carbonyl (C=O) groups excluding carboxylic acids is 3. The third kappa shape index (κ3) is 5.20. The van der Waals surface area contributed by atoms with Crippen molar-refractivity contribution in [3.63, 3.8) is 0 Å². The van der Waals surface area contributed by atoms with Crippen LogP contribution in [0.4, 0.5) is 5.95 Å². The van der Waals surface area contributed by atoms with Crippen LogP contribution in [0.25, 0.3) is 0 Å². The summed E-state index contributed by atoms with van der Waals surface area (Å²) >= 11 is 0. The van der Waals surface area contributed by atoms with Gasteiger partial charge in [0.1, 0.15) is 17.2 Å². The Morgan fingerprint density at radius 2 is 1.74 bits per heavy atom. The zero-order chi connectivity index (χ0) is 24.9. The molecule has 0 spiro atoms. The van der Waals surface area contributed by atoms with Gasteiger partial charge in [-0.3, -0.25) is 14.4 Å². The van der Waals surface area contributed by atoms with E-state index >= 15 is 0 Å². The first-order chi connectivity index (χ1) is 16.9. The van der Waals surface area contributed by atoms with Crippen molar-refractivity contribution in [2.24, 2.45) is 0 Å². The normalized spacial score (nSPS) is 16.9. The quantitative estimate of drug-likeness (QED) is 0.305. The molecule has 1 aromatic heterocycles. The fourth-order valence-corrected chi connectivity index (χ4v) is 3.81. The number of hydrogen-bond donors (Lipinski definition) is 5. The van der Waals surface area contributed by atoms with Gasteiger partial charge in [0.05, 0.1) is 30.3 Å². The van der Waals surface area contributed by atoms with Crippen molar-refractivity contribution in [2.45, 2.75) is 12.1 Å². The van der Waals surface area contributed by atoms with E-state index in [1.807, 2.05) is 0 Å². The zero-order valence-corrected chi connectivity index (χ0v) is 18.8. The lowest BCUT2D eigenvalue weighted by Gasteiger charge is -2.21. The van der Waals surface area contributed by atoms with E-state index in [0.717, 1.165) is 0 Å². The molecular weight excluding hydrogens is 452 g/mol. The van der Waals surface area contributed by atoms with Crippen LogP contribution >= 0.6 is 0 Å². The largest absolute Gasteiger partial charge is 0.507 e. The van der Waals surface area contributed by atoms with Gasteiger partial charge in [0.2, 0.25) is 5.95 Å². The Kier molecular flexibility index (Phi) is 6.88. The topological polar surface area (TPSA) is 169 Å². The summed E-state index contributed by atoms with van der Waals surface area (Å²) in [6, 6.07) is 11.3. The first-order valence-electron chi connectivity index (χ1n) is 10.8. The van der Waals surface area contributed by atoms with Crippen LogP contribution in [0.3, 0.4) is 0 Å². The number of amides is 2. The lowest BCUT2D eigenvalue weighted by molar-refractivity contribution is 0.0892. The molecule has 2 atom stereocenters. The molecule has 1 saturated heterocycles. The Balaban J connectivity index is 1.47. The number of ketones is 1. The average Bonchev–Trinajstić information content (AvgIpc) is 3.29. The lowest BCUT2D eigenvalue weighted by atomic mass is 10.00. The first kappa shape index (κ1) is 23.6. The van der Waals surface area contributed by atoms with Crippen LogP contribution in [0.1, 0.15) is 36.8 Å². The third-order valence-corrected chi connectivity index (χ3v) is 5.61. The van der Waals surface area contributed by atoms with E-state index in [1.165, 1.54) is 49.7 Å². The van der Waals surface area contributed by atoms with Gasteiger partial charge < -0.3 is 31.5 Å². The van der Waals surface area contributed by atoms with Gasteiger partial charge in [-0.2, -0.15) is 0 Å². The Morgan fingerprint density at radius 3 is 2.43 bits per heavy atom. The molecule has 1 aliphatic rings. The summed E-state index contributed by atoms with van der Waals surface area (Å²) in [4.78, 5) is 46.0. The molecule has 6 N–H and O–H groups in total. The fraction of sp³-hybridized carbons (Fsp3) is 0.208. The summed E-state index contributed by atoms with van der Waals surface area (Å²) in [6.07, 6.45) is 1.39. The molecule has 0 aliphatic carbocycles. The highest BCUT2D eigenvalue weighted by atomic mass is 16.5. The molecule has 35 heavy (non-hydrogen) atoms. The number of nitrogen functional groups attached to an aromatic ring is 1. The molecule has 1 aliphatic heterocycles. The van der Waals surface area contributed by atoms with Gasteiger partial charge in [-0.25, -0.2) is 9.97 Å². The fourth-order valence-electron chi connectivity index (χ4n) is 3.81. The van der Waals surface area contributed by atoms with Crippen LogP contribution in [-0.4, -0.2) is 65.0 Å². The van der Waals surface area contributed by atoms with Gasteiger partial charge in [0.15, 0.2) is 5.78 Å². The SMILES string of the molecule is COc1cc(C(=O)c2ccccc2O)ccc1C(=O)N[C@H]1CNC[C@@H]1NC(=O)c1ccnc(N)n1. The van der Waals surface area contributed by atoms with Gasteiger partial charge in [-0.1, -0.05) is 12.1 Å². The van der Waals surface area contributed by atoms with Crippen molar-refractivity contribution in [3.05, 3.63) is 77.1 Å². The second-order valence-corrected chi connectivity index (χ2v) is 7.88. The van der Waals surface area contributed by atoms with E-state index in [1.54, 1.807) is 12.1 Å². The van der Waals surface area contributed by atoms with Crippen molar-refractivity contribution in [1.82, 2.24) is 25.9 Å². The van der Waals surface area contributed by atoms with Crippen LogP contribution in [0, 0.1) is 0 Å². The molecule has 2 amide bonds. The van der Waals surface area contributed by atoms with Crippen molar-refractivity contribution in [2.75, 3.05) is 25.9 Å². The lowest BCUT2D eigenvalue weighted by Crippen LogP contribution is -2.51. The van der Waals surface area contributed by atoms with Gasteiger partial charge in [0.25, 0.3) is 11.8 Å². The number of rotatable bonds is 7. The maximum Gasteiger partial charge on any atom is 0.270 e. The van der Waals surface area contributed by atoms with Crippen LogP contribution in [0.5, 0.6) is 11.5 Å². The molecule has 2 heterocycles. The zero-order valence-electron chi connectivity index (χ0n) is 18.8. The number of nitrogens with two attached hydrogens (primary N) is 1. The second-order valence-electron chi connectivity index (χ2n) is 7.88. The molecule has 11 heteroatoms. The molecule has 0 radical (unpaired) electrons.